The molecule has 0 amide bonds. The van der Waals surface area contributed by atoms with Crippen molar-refractivity contribution < 1.29 is 9.53 Å². The Kier molecular flexibility index (Phi) is 3.00. The van der Waals surface area contributed by atoms with Gasteiger partial charge in [0.1, 0.15) is 0 Å². The molecular weight excluding hydrogens is 204 g/mol. The zero-order valence-electron chi connectivity index (χ0n) is 8.93. The third-order valence-corrected chi connectivity index (χ3v) is 2.20. The van der Waals surface area contributed by atoms with Gasteiger partial charge in [-0.2, -0.15) is 5.10 Å². The Morgan fingerprint density at radius 2 is 2.44 bits per heavy atom. The van der Waals surface area contributed by atoms with Crippen molar-refractivity contribution in [2.75, 3.05) is 6.61 Å². The summed E-state index contributed by atoms with van der Waals surface area (Å²) in [5.41, 5.74) is 1.89. The predicted octanol–water partition coefficient (Wildman–Crippen LogP) is 2.14. The number of esters is 1. The molecule has 0 aliphatic carbocycles. The van der Waals surface area contributed by atoms with E-state index >= 15 is 0 Å². The minimum absolute atomic E-state index is 0.331. The van der Waals surface area contributed by atoms with Gasteiger partial charge in [-0.05, 0) is 24.6 Å². The molecule has 82 valence electrons. The Labute approximate surface area is 92.9 Å². The number of carbonyl (C=O) groups is 1. The fourth-order valence-electron chi connectivity index (χ4n) is 1.48. The number of nitrogens with one attached hydrogen (secondary N) is 1. The lowest BCUT2D eigenvalue weighted by atomic mass is 10.1. The third-order valence-electron chi connectivity index (χ3n) is 2.20. The number of carbonyl (C=O) groups excluding carboxylic acids is 1. The van der Waals surface area contributed by atoms with E-state index in [1.165, 1.54) is 6.08 Å². The number of hydrogen-bond acceptors (Lipinski definition) is 3. The maximum Gasteiger partial charge on any atom is 0.330 e. The van der Waals surface area contributed by atoms with Gasteiger partial charge in [0.15, 0.2) is 0 Å². The van der Waals surface area contributed by atoms with E-state index in [0.29, 0.717) is 6.61 Å². The van der Waals surface area contributed by atoms with Crippen molar-refractivity contribution >= 4 is 22.9 Å². The summed E-state index contributed by atoms with van der Waals surface area (Å²) in [6, 6.07) is 5.77. The summed E-state index contributed by atoms with van der Waals surface area (Å²) in [6.07, 6.45) is 4.89. The number of rotatable bonds is 3. The number of nitrogens with zero attached hydrogens (tertiary/aromatic N) is 1. The molecule has 0 spiro atoms. The molecule has 4 nitrogen and oxygen atoms in total. The molecule has 0 aliphatic rings. The van der Waals surface area contributed by atoms with Crippen LogP contribution in [0.1, 0.15) is 12.5 Å². The Bertz CT molecular complexity index is 529. The van der Waals surface area contributed by atoms with Gasteiger partial charge in [-0.1, -0.05) is 12.1 Å². The van der Waals surface area contributed by atoms with Gasteiger partial charge in [0.25, 0.3) is 0 Å². The molecule has 0 aliphatic heterocycles. The first-order valence-electron chi connectivity index (χ1n) is 5.08. The molecule has 4 heteroatoms. The second-order valence-electron chi connectivity index (χ2n) is 3.26. The SMILES string of the molecule is CCOC(=O)C=Cc1cccc2[nH]ncc12. The molecule has 16 heavy (non-hydrogen) atoms. The van der Waals surface area contributed by atoms with Gasteiger partial charge < -0.3 is 4.74 Å². The second-order valence-corrected chi connectivity index (χ2v) is 3.26. The molecule has 2 aromatic rings. The summed E-state index contributed by atoms with van der Waals surface area (Å²) in [4.78, 5) is 11.2. The quantitative estimate of drug-likeness (QED) is 0.631. The Balaban J connectivity index is 2.27. The highest BCUT2D eigenvalue weighted by Crippen LogP contribution is 2.17. The van der Waals surface area contributed by atoms with Crippen molar-refractivity contribution in [2.24, 2.45) is 0 Å². The van der Waals surface area contributed by atoms with Crippen LogP contribution in [-0.2, 0) is 9.53 Å². The van der Waals surface area contributed by atoms with Crippen LogP contribution in [0.15, 0.2) is 30.5 Å². The smallest absolute Gasteiger partial charge is 0.330 e. The van der Waals surface area contributed by atoms with Crippen LogP contribution in [0.4, 0.5) is 0 Å². The fraction of sp³-hybridized carbons (Fsp3) is 0.167. The maximum atomic E-state index is 11.2. The minimum atomic E-state index is -0.331. The van der Waals surface area contributed by atoms with Crippen molar-refractivity contribution in [2.45, 2.75) is 6.92 Å². The lowest BCUT2D eigenvalue weighted by molar-refractivity contribution is -0.137. The number of aromatic nitrogens is 2. The summed E-state index contributed by atoms with van der Waals surface area (Å²) in [5, 5.41) is 7.81. The van der Waals surface area contributed by atoms with Crippen molar-refractivity contribution in [3.8, 4) is 0 Å². The van der Waals surface area contributed by atoms with Crippen molar-refractivity contribution in [3.05, 3.63) is 36.0 Å². The Hall–Kier alpha value is -2.10. The molecule has 0 saturated heterocycles. The first kappa shape index (κ1) is 10.4. The van der Waals surface area contributed by atoms with E-state index < -0.39 is 0 Å². The van der Waals surface area contributed by atoms with Crippen LogP contribution in [0.3, 0.4) is 0 Å². The molecule has 1 aromatic carbocycles. The van der Waals surface area contributed by atoms with E-state index in [9.17, 15) is 4.79 Å². The molecule has 0 radical (unpaired) electrons. The molecule has 0 bridgehead atoms. The molecule has 2 rings (SSSR count). The van der Waals surface area contributed by atoms with E-state index in [1.807, 2.05) is 18.2 Å². The highest BCUT2D eigenvalue weighted by atomic mass is 16.5. The molecule has 0 fully saturated rings. The normalized spacial score (nSPS) is 11.1. The van der Waals surface area contributed by atoms with E-state index in [-0.39, 0.29) is 5.97 Å². The highest BCUT2D eigenvalue weighted by Gasteiger charge is 2.00. The average molecular weight is 216 g/mol. The lowest BCUT2D eigenvalue weighted by Crippen LogP contribution is -1.98. The summed E-state index contributed by atoms with van der Waals surface area (Å²) in [6.45, 7) is 2.17. The summed E-state index contributed by atoms with van der Waals surface area (Å²) < 4.78 is 4.81. The molecule has 0 saturated carbocycles. The van der Waals surface area contributed by atoms with E-state index in [1.54, 1.807) is 19.2 Å². The van der Waals surface area contributed by atoms with Gasteiger partial charge in [0.05, 0.1) is 18.3 Å². The first-order valence-corrected chi connectivity index (χ1v) is 5.08. The lowest BCUT2D eigenvalue weighted by Gasteiger charge is -1.96. The van der Waals surface area contributed by atoms with Crippen LogP contribution in [0, 0.1) is 0 Å². The van der Waals surface area contributed by atoms with Gasteiger partial charge >= 0.3 is 5.97 Å². The number of hydrogen-bond donors (Lipinski definition) is 1. The summed E-state index contributed by atoms with van der Waals surface area (Å²) in [5.74, 6) is -0.331. The van der Waals surface area contributed by atoms with Gasteiger partial charge in [-0.3, -0.25) is 5.10 Å². The summed E-state index contributed by atoms with van der Waals surface area (Å²) in [7, 11) is 0. The van der Waals surface area contributed by atoms with Gasteiger partial charge in [0.2, 0.25) is 0 Å². The molecule has 1 N–H and O–H groups in total. The zero-order chi connectivity index (χ0) is 11.4. The Morgan fingerprint density at radius 3 is 3.25 bits per heavy atom. The second kappa shape index (κ2) is 4.61. The maximum absolute atomic E-state index is 11.2. The van der Waals surface area contributed by atoms with Crippen molar-refractivity contribution in [3.63, 3.8) is 0 Å². The Morgan fingerprint density at radius 1 is 1.56 bits per heavy atom. The largest absolute Gasteiger partial charge is 0.463 e. The van der Waals surface area contributed by atoms with Crippen LogP contribution < -0.4 is 0 Å². The summed E-state index contributed by atoms with van der Waals surface area (Å²) >= 11 is 0. The first-order chi connectivity index (χ1) is 7.81. The van der Waals surface area contributed by atoms with Gasteiger partial charge in [0, 0.05) is 11.5 Å². The highest BCUT2D eigenvalue weighted by molar-refractivity contribution is 5.93. The molecular formula is C12H12N2O2. The molecule has 0 unspecified atom stereocenters. The van der Waals surface area contributed by atoms with Crippen molar-refractivity contribution in [1.82, 2.24) is 10.2 Å². The van der Waals surface area contributed by atoms with Crippen LogP contribution in [0.5, 0.6) is 0 Å². The number of H-pyrrole nitrogens is 1. The van der Waals surface area contributed by atoms with Crippen LogP contribution in [0.2, 0.25) is 0 Å². The standard InChI is InChI=1S/C12H12N2O2/c1-2-16-12(15)7-6-9-4-3-5-11-10(9)8-13-14-11/h3-8H,2H2,1H3,(H,13,14). The average Bonchev–Trinajstić information content (AvgIpc) is 2.75. The molecule has 1 aromatic heterocycles. The predicted molar refractivity (Wildman–Crippen MR) is 61.8 cm³/mol. The number of fused-ring (bicyclic) bond motifs is 1. The van der Waals surface area contributed by atoms with Crippen molar-refractivity contribution in [1.29, 1.82) is 0 Å². The van der Waals surface area contributed by atoms with Crippen LogP contribution in [-0.4, -0.2) is 22.8 Å². The third kappa shape index (κ3) is 2.11. The van der Waals surface area contributed by atoms with Crippen LogP contribution in [0.25, 0.3) is 17.0 Å². The number of benzene rings is 1. The molecule has 0 atom stereocenters. The minimum Gasteiger partial charge on any atom is -0.463 e. The number of ether oxygens (including phenoxy) is 1. The van der Waals surface area contributed by atoms with Gasteiger partial charge in [-0.15, -0.1) is 0 Å². The number of aromatic amines is 1. The van der Waals surface area contributed by atoms with Crippen LogP contribution >= 0.6 is 0 Å². The molecule has 1 heterocycles. The van der Waals surface area contributed by atoms with Gasteiger partial charge in [-0.25, -0.2) is 4.79 Å². The van der Waals surface area contributed by atoms with E-state index in [2.05, 4.69) is 10.2 Å². The van der Waals surface area contributed by atoms with E-state index in [0.717, 1.165) is 16.5 Å². The zero-order valence-corrected chi connectivity index (χ0v) is 8.93. The fourth-order valence-corrected chi connectivity index (χ4v) is 1.48. The van der Waals surface area contributed by atoms with E-state index in [4.69, 9.17) is 4.74 Å². The monoisotopic (exact) mass is 216 g/mol. The topological polar surface area (TPSA) is 55.0 Å².